The Labute approximate surface area is 195 Å². The lowest BCUT2D eigenvalue weighted by molar-refractivity contribution is 0.281. The van der Waals surface area contributed by atoms with Crippen LogP contribution in [0.4, 0.5) is 6.01 Å². The van der Waals surface area contributed by atoms with Gasteiger partial charge in [-0.25, -0.2) is 9.97 Å². The van der Waals surface area contributed by atoms with Crippen LogP contribution in [-0.2, 0) is 6.61 Å². The summed E-state index contributed by atoms with van der Waals surface area (Å²) >= 11 is 0. The molecule has 0 spiro atoms. The van der Waals surface area contributed by atoms with Gasteiger partial charge in [-0.15, -0.1) is 0 Å². The van der Waals surface area contributed by atoms with Gasteiger partial charge in [0.25, 0.3) is 6.01 Å². The lowest BCUT2D eigenvalue weighted by Gasteiger charge is -2.18. The number of nitrogens with one attached hydrogen (secondary N) is 1. The molecule has 4 aromatic rings. The molecule has 4 N–H and O–H groups in total. The first-order valence-electron chi connectivity index (χ1n) is 11.1. The lowest BCUT2D eigenvalue weighted by Crippen LogP contribution is -2.25. The molecule has 5 rings (SSSR count). The smallest absolute Gasteiger partial charge is 0.298 e. The number of nitrogens with zero attached hydrogens (tertiary/aromatic N) is 6. The number of allylic oxidation sites excluding steroid dienone is 1. The monoisotopic (exact) mass is 456 g/mol. The first-order valence-corrected chi connectivity index (χ1v) is 11.1. The fourth-order valence-electron chi connectivity index (χ4n) is 4.43. The Bertz CT molecular complexity index is 1410. The van der Waals surface area contributed by atoms with Crippen molar-refractivity contribution in [3.05, 3.63) is 54.2 Å². The number of anilines is 1. The molecule has 0 bridgehead atoms. The van der Waals surface area contributed by atoms with E-state index in [1.807, 2.05) is 24.3 Å². The van der Waals surface area contributed by atoms with Crippen LogP contribution in [0.25, 0.3) is 27.7 Å². The highest BCUT2D eigenvalue weighted by Crippen LogP contribution is 2.31. The average molecular weight is 457 g/mol. The van der Waals surface area contributed by atoms with Gasteiger partial charge in [-0.1, -0.05) is 12.1 Å². The molecule has 1 aromatic carbocycles. The van der Waals surface area contributed by atoms with Gasteiger partial charge < -0.3 is 25.1 Å². The fraction of sp³-hybridized carbons (Fsp3) is 0.292. The Balaban J connectivity index is 1.35. The minimum Gasteiger partial charge on any atom is -0.423 e. The molecule has 2 atom stereocenters. The Morgan fingerprint density at radius 2 is 2.32 bits per heavy atom. The predicted molar refractivity (Wildman–Crippen MR) is 129 cm³/mol. The third-order valence-corrected chi connectivity index (χ3v) is 6.21. The fourth-order valence-corrected chi connectivity index (χ4v) is 4.43. The Morgan fingerprint density at radius 3 is 3.15 bits per heavy atom. The summed E-state index contributed by atoms with van der Waals surface area (Å²) in [7, 11) is 0. The van der Waals surface area contributed by atoms with Gasteiger partial charge in [-0.3, -0.25) is 4.99 Å². The van der Waals surface area contributed by atoms with Crippen molar-refractivity contribution >= 4 is 39.9 Å². The molecule has 0 saturated carbocycles. The number of aliphatic imine (C=N–C) groups is 1. The highest BCUT2D eigenvalue weighted by molar-refractivity contribution is 6.13. The summed E-state index contributed by atoms with van der Waals surface area (Å²) in [5.74, 6) is 0.153. The van der Waals surface area contributed by atoms with Gasteiger partial charge in [-0.2, -0.15) is 10.2 Å². The number of aliphatic hydroxyl groups excluding tert-OH is 1. The topological polar surface area (TPSA) is 153 Å². The van der Waals surface area contributed by atoms with Crippen molar-refractivity contribution in [3.63, 3.8) is 0 Å². The molecule has 1 fully saturated rings. The molecular weight excluding hydrogens is 432 g/mol. The van der Waals surface area contributed by atoms with Crippen molar-refractivity contribution in [2.45, 2.75) is 25.5 Å². The van der Waals surface area contributed by atoms with E-state index in [-0.39, 0.29) is 18.6 Å². The molecule has 2 unspecified atom stereocenters. The lowest BCUT2D eigenvalue weighted by atomic mass is 9.97. The molecule has 0 aliphatic carbocycles. The summed E-state index contributed by atoms with van der Waals surface area (Å²) in [5.41, 5.74) is 10.0. The highest BCUT2D eigenvalue weighted by Gasteiger charge is 2.31. The normalized spacial score (nSPS) is 17.7. The van der Waals surface area contributed by atoms with Crippen LogP contribution in [0.5, 0.6) is 0 Å². The summed E-state index contributed by atoms with van der Waals surface area (Å²) in [6, 6.07) is 10.0. The molecule has 10 nitrogen and oxygen atoms in total. The molecule has 10 heteroatoms. The van der Waals surface area contributed by atoms with Crippen LogP contribution in [0, 0.1) is 17.2 Å². The minimum atomic E-state index is -0.203. The van der Waals surface area contributed by atoms with Crippen LogP contribution < -0.4 is 10.6 Å². The van der Waals surface area contributed by atoms with Crippen molar-refractivity contribution in [1.82, 2.24) is 19.9 Å². The number of aromatic nitrogens is 4. The molecule has 4 heterocycles. The number of hydrogen-bond donors (Lipinski definition) is 3. The highest BCUT2D eigenvalue weighted by atomic mass is 16.4. The minimum absolute atomic E-state index is 0.105. The van der Waals surface area contributed by atoms with Gasteiger partial charge in [0.15, 0.2) is 5.58 Å². The van der Waals surface area contributed by atoms with Crippen molar-refractivity contribution in [2.24, 2.45) is 16.6 Å². The Kier molecular flexibility index (Phi) is 5.93. The van der Waals surface area contributed by atoms with E-state index in [0.717, 1.165) is 29.5 Å². The zero-order chi connectivity index (χ0) is 23.5. The number of aromatic amines is 1. The number of benzene rings is 1. The van der Waals surface area contributed by atoms with Crippen molar-refractivity contribution in [1.29, 1.82) is 5.26 Å². The second kappa shape index (κ2) is 9.33. The quantitative estimate of drug-likeness (QED) is 0.359. The van der Waals surface area contributed by atoms with E-state index >= 15 is 0 Å². The third-order valence-electron chi connectivity index (χ3n) is 6.21. The number of hydrogen-bond acceptors (Lipinski definition) is 9. The van der Waals surface area contributed by atoms with Crippen molar-refractivity contribution in [3.8, 4) is 6.07 Å². The van der Waals surface area contributed by atoms with Gasteiger partial charge in [0.05, 0.1) is 30.8 Å². The van der Waals surface area contributed by atoms with Crippen LogP contribution in [0.2, 0.25) is 0 Å². The summed E-state index contributed by atoms with van der Waals surface area (Å²) in [6.45, 7) is 1.31. The van der Waals surface area contributed by atoms with Crippen LogP contribution in [0.3, 0.4) is 0 Å². The third kappa shape index (κ3) is 3.97. The standard InChI is InChI=1S/C24H24N8O2/c25-7-4-19(28-11-17(10-26)21-18-5-8-27-23(18)30-14-29-21)15-6-9-32(12-15)24-31-20-3-1-2-16(13-33)22(20)34-24/h1-3,5,8,10-11,14-15,19,33H,4,6,9,12-13,26H2,(H,27,29,30). The molecule has 1 aliphatic heterocycles. The van der Waals surface area contributed by atoms with Gasteiger partial charge in [-0.05, 0) is 18.6 Å². The average Bonchev–Trinajstić information content (AvgIpc) is 3.62. The predicted octanol–water partition coefficient (Wildman–Crippen LogP) is 2.77. The number of rotatable bonds is 7. The molecule has 0 radical (unpaired) electrons. The molecule has 1 aliphatic rings. The largest absolute Gasteiger partial charge is 0.423 e. The van der Waals surface area contributed by atoms with E-state index in [1.165, 1.54) is 12.5 Å². The van der Waals surface area contributed by atoms with E-state index in [9.17, 15) is 10.4 Å². The second-order valence-electron chi connectivity index (χ2n) is 8.21. The van der Waals surface area contributed by atoms with Gasteiger partial charge in [0.2, 0.25) is 0 Å². The number of aliphatic hydroxyl groups is 1. The first-order chi connectivity index (χ1) is 16.7. The zero-order valence-electron chi connectivity index (χ0n) is 18.4. The van der Waals surface area contributed by atoms with E-state index in [1.54, 1.807) is 12.4 Å². The van der Waals surface area contributed by atoms with E-state index in [0.29, 0.717) is 41.4 Å². The number of nitriles is 1. The van der Waals surface area contributed by atoms with Crippen molar-refractivity contribution < 1.29 is 9.52 Å². The zero-order valence-corrected chi connectivity index (χ0v) is 18.4. The second-order valence-corrected chi connectivity index (χ2v) is 8.21. The molecule has 3 aromatic heterocycles. The SMILES string of the molecule is N#CCC(N=CC(=CN)c1ncnc2[nH]ccc12)C1CCN(c2nc3cccc(CO)c3o2)C1. The van der Waals surface area contributed by atoms with Crippen LogP contribution in [0.1, 0.15) is 24.1 Å². The number of oxazole rings is 1. The van der Waals surface area contributed by atoms with E-state index < -0.39 is 0 Å². The summed E-state index contributed by atoms with van der Waals surface area (Å²) in [5, 5.41) is 19.9. The molecule has 1 saturated heterocycles. The number of fused-ring (bicyclic) bond motifs is 2. The summed E-state index contributed by atoms with van der Waals surface area (Å²) in [4.78, 5) is 23.1. The maximum absolute atomic E-state index is 9.57. The van der Waals surface area contributed by atoms with Gasteiger partial charge in [0.1, 0.15) is 17.5 Å². The van der Waals surface area contributed by atoms with Crippen LogP contribution in [0.15, 0.2) is 52.4 Å². The van der Waals surface area contributed by atoms with E-state index in [4.69, 9.17) is 15.1 Å². The van der Waals surface area contributed by atoms with Crippen LogP contribution in [-0.4, -0.2) is 50.4 Å². The molecule has 34 heavy (non-hydrogen) atoms. The first kappa shape index (κ1) is 21.6. The van der Waals surface area contributed by atoms with Gasteiger partial charge >= 0.3 is 0 Å². The number of nitrogens with two attached hydrogens (primary N) is 1. The molecule has 0 amide bonds. The Morgan fingerprint density at radius 1 is 1.41 bits per heavy atom. The maximum Gasteiger partial charge on any atom is 0.298 e. The van der Waals surface area contributed by atoms with Gasteiger partial charge in [0, 0.05) is 54.1 Å². The molecule has 172 valence electrons. The number of H-pyrrole nitrogens is 1. The van der Waals surface area contributed by atoms with Crippen LogP contribution >= 0.6 is 0 Å². The Hall–Kier alpha value is -4.23. The molecular formula is C24H24N8O2. The van der Waals surface area contributed by atoms with Crippen molar-refractivity contribution in [2.75, 3.05) is 18.0 Å². The maximum atomic E-state index is 9.57. The summed E-state index contributed by atoms with van der Waals surface area (Å²) in [6.07, 6.45) is 7.60. The summed E-state index contributed by atoms with van der Waals surface area (Å²) < 4.78 is 5.98. The number of para-hydroxylation sites is 1. The van der Waals surface area contributed by atoms with E-state index in [2.05, 4.69) is 30.9 Å².